The minimum atomic E-state index is -3.24. The zero-order chi connectivity index (χ0) is 16.6. The lowest BCUT2D eigenvalue weighted by molar-refractivity contribution is -0.120. The molecule has 2 saturated heterocycles. The lowest BCUT2D eigenvalue weighted by atomic mass is 9.96. The van der Waals surface area contributed by atoms with E-state index in [1.54, 1.807) is 20.1 Å². The highest BCUT2D eigenvalue weighted by atomic mass is 32.2. The van der Waals surface area contributed by atoms with Crippen LogP contribution in [0.4, 0.5) is 5.69 Å². The summed E-state index contributed by atoms with van der Waals surface area (Å²) in [5.74, 6) is 0.264. The molecule has 0 spiro atoms. The normalized spacial score (nSPS) is 25.8. The monoisotopic (exact) mass is 340 g/mol. The van der Waals surface area contributed by atoms with Gasteiger partial charge in [0.1, 0.15) is 0 Å². The van der Waals surface area contributed by atoms with Crippen LogP contribution in [0.15, 0.2) is 12.4 Å². The molecule has 1 aromatic heterocycles. The molecule has 0 unspecified atom stereocenters. The maximum absolute atomic E-state index is 12.6. The van der Waals surface area contributed by atoms with Gasteiger partial charge >= 0.3 is 0 Å². The van der Waals surface area contributed by atoms with Crippen LogP contribution >= 0.6 is 0 Å². The number of amides is 1. The number of unbranched alkanes of at least 4 members (excludes halogenated alkanes) is 1. The number of fused-ring (bicyclic) bond motifs is 1. The first-order chi connectivity index (χ1) is 10.9. The summed E-state index contributed by atoms with van der Waals surface area (Å²) in [6.45, 7) is 2.50. The Morgan fingerprint density at radius 1 is 1.30 bits per heavy atom. The van der Waals surface area contributed by atoms with Crippen LogP contribution in [0, 0.1) is 0 Å². The van der Waals surface area contributed by atoms with Crippen molar-refractivity contribution >= 4 is 21.6 Å². The van der Waals surface area contributed by atoms with Crippen LogP contribution in [-0.2, 0) is 21.9 Å². The molecule has 2 aliphatic heterocycles. The molecule has 8 heteroatoms. The quantitative estimate of drug-likeness (QED) is 0.805. The van der Waals surface area contributed by atoms with Crippen molar-refractivity contribution in [2.45, 2.75) is 51.1 Å². The number of aromatic nitrogens is 2. The first-order valence-electron chi connectivity index (χ1n) is 8.24. The molecule has 0 aliphatic carbocycles. The van der Waals surface area contributed by atoms with E-state index in [1.807, 2.05) is 20.2 Å². The summed E-state index contributed by atoms with van der Waals surface area (Å²) in [5.41, 5.74) is 0.764. The van der Waals surface area contributed by atoms with E-state index in [-0.39, 0.29) is 23.7 Å². The molecule has 0 bridgehead atoms. The maximum Gasteiger partial charge on any atom is 0.227 e. The summed E-state index contributed by atoms with van der Waals surface area (Å²) in [7, 11) is -1.42. The summed E-state index contributed by atoms with van der Waals surface area (Å²) in [6, 6.07) is -0.174. The lowest BCUT2D eigenvalue weighted by Crippen LogP contribution is -2.53. The molecule has 2 fully saturated rings. The first kappa shape index (κ1) is 16.4. The number of sulfonamides is 1. The van der Waals surface area contributed by atoms with Gasteiger partial charge in [-0.05, 0) is 19.3 Å². The molecular weight excluding hydrogens is 316 g/mol. The van der Waals surface area contributed by atoms with E-state index in [0.29, 0.717) is 32.2 Å². The van der Waals surface area contributed by atoms with Crippen molar-refractivity contribution in [2.75, 3.05) is 17.2 Å². The minimum Gasteiger partial charge on any atom is -0.305 e. The topological polar surface area (TPSA) is 75.5 Å². The summed E-state index contributed by atoms with van der Waals surface area (Å²) >= 11 is 0. The number of hydrogen-bond donors (Lipinski definition) is 0. The van der Waals surface area contributed by atoms with Gasteiger partial charge in [-0.2, -0.15) is 9.40 Å². The standard InChI is InChI=1S/C15H24N4O3S/c1-3-4-9-23(21,22)18-8-7-14-13(18)5-6-15(20)19(14)12-10-16-17(2)11-12/h10-11,13-14H,3-9H2,1-2H3/t13-,14-/m0/s1. The van der Waals surface area contributed by atoms with E-state index in [9.17, 15) is 13.2 Å². The smallest absolute Gasteiger partial charge is 0.227 e. The third-order valence-electron chi connectivity index (χ3n) is 4.80. The van der Waals surface area contributed by atoms with Gasteiger partial charge < -0.3 is 4.90 Å². The number of piperidine rings is 1. The Morgan fingerprint density at radius 2 is 2.09 bits per heavy atom. The number of aryl methyl sites for hydroxylation is 1. The SMILES string of the molecule is CCCCS(=O)(=O)N1CC[C@H]2[C@@H]1CCC(=O)N2c1cnn(C)c1. The lowest BCUT2D eigenvalue weighted by Gasteiger charge is -2.38. The molecule has 2 atom stereocenters. The second kappa shape index (κ2) is 6.24. The minimum absolute atomic E-state index is 0.0621. The summed E-state index contributed by atoms with van der Waals surface area (Å²) in [6.07, 6.45) is 6.73. The van der Waals surface area contributed by atoms with Gasteiger partial charge in [-0.1, -0.05) is 13.3 Å². The molecule has 1 amide bonds. The van der Waals surface area contributed by atoms with Gasteiger partial charge in [0.05, 0.1) is 23.7 Å². The summed E-state index contributed by atoms with van der Waals surface area (Å²) < 4.78 is 28.5. The predicted molar refractivity (Wildman–Crippen MR) is 87.5 cm³/mol. The number of anilines is 1. The second-order valence-corrected chi connectivity index (χ2v) is 8.42. The van der Waals surface area contributed by atoms with Gasteiger partial charge in [-0.25, -0.2) is 8.42 Å². The summed E-state index contributed by atoms with van der Waals surface area (Å²) in [4.78, 5) is 14.2. The Morgan fingerprint density at radius 3 is 2.74 bits per heavy atom. The van der Waals surface area contributed by atoms with E-state index in [0.717, 1.165) is 12.1 Å². The van der Waals surface area contributed by atoms with Crippen LogP contribution in [0.2, 0.25) is 0 Å². The molecule has 0 aromatic carbocycles. The molecule has 0 N–H and O–H groups in total. The average Bonchev–Trinajstić information content (AvgIpc) is 3.11. The fourth-order valence-corrected chi connectivity index (χ4v) is 5.61. The highest BCUT2D eigenvalue weighted by Gasteiger charge is 2.47. The summed E-state index contributed by atoms with van der Waals surface area (Å²) in [5, 5.41) is 4.14. The second-order valence-electron chi connectivity index (χ2n) is 6.38. The highest BCUT2D eigenvalue weighted by molar-refractivity contribution is 7.89. The largest absolute Gasteiger partial charge is 0.305 e. The van der Waals surface area contributed by atoms with Crippen LogP contribution in [0.5, 0.6) is 0 Å². The van der Waals surface area contributed by atoms with Crippen molar-refractivity contribution in [3.63, 3.8) is 0 Å². The van der Waals surface area contributed by atoms with Crippen LogP contribution in [0.25, 0.3) is 0 Å². The number of rotatable bonds is 5. The Kier molecular flexibility index (Phi) is 4.46. The van der Waals surface area contributed by atoms with Crippen molar-refractivity contribution in [1.29, 1.82) is 0 Å². The number of hydrogen-bond acceptors (Lipinski definition) is 4. The zero-order valence-corrected chi connectivity index (χ0v) is 14.5. The van der Waals surface area contributed by atoms with E-state index >= 15 is 0 Å². The van der Waals surface area contributed by atoms with Gasteiger partial charge in [0.15, 0.2) is 0 Å². The van der Waals surface area contributed by atoms with E-state index < -0.39 is 10.0 Å². The van der Waals surface area contributed by atoms with Crippen molar-refractivity contribution in [3.8, 4) is 0 Å². The van der Waals surface area contributed by atoms with Crippen molar-refractivity contribution in [1.82, 2.24) is 14.1 Å². The number of nitrogens with zero attached hydrogens (tertiary/aromatic N) is 4. The van der Waals surface area contributed by atoms with Crippen molar-refractivity contribution in [3.05, 3.63) is 12.4 Å². The third-order valence-corrected chi connectivity index (χ3v) is 6.77. The average molecular weight is 340 g/mol. The Hall–Kier alpha value is -1.41. The molecule has 3 rings (SSSR count). The molecule has 2 aliphatic rings. The fraction of sp³-hybridized carbons (Fsp3) is 0.733. The molecule has 128 valence electrons. The maximum atomic E-state index is 12.6. The van der Waals surface area contributed by atoms with E-state index in [4.69, 9.17) is 0 Å². The Bertz CT molecular complexity index is 685. The van der Waals surface area contributed by atoms with Crippen LogP contribution < -0.4 is 4.90 Å². The molecule has 0 radical (unpaired) electrons. The van der Waals surface area contributed by atoms with Crippen molar-refractivity contribution in [2.24, 2.45) is 7.05 Å². The van der Waals surface area contributed by atoms with Crippen LogP contribution in [0.3, 0.4) is 0 Å². The molecule has 7 nitrogen and oxygen atoms in total. The predicted octanol–water partition coefficient (Wildman–Crippen LogP) is 1.12. The molecule has 1 aromatic rings. The molecular formula is C15H24N4O3S. The fourth-order valence-electron chi connectivity index (χ4n) is 3.68. The van der Waals surface area contributed by atoms with Gasteiger partial charge in [-0.15, -0.1) is 0 Å². The number of carbonyl (C=O) groups is 1. The Labute approximate surface area is 137 Å². The highest BCUT2D eigenvalue weighted by Crippen LogP contribution is 2.36. The van der Waals surface area contributed by atoms with E-state index in [2.05, 4.69) is 5.10 Å². The number of carbonyl (C=O) groups excluding carboxylic acids is 1. The molecule has 3 heterocycles. The van der Waals surface area contributed by atoms with Crippen molar-refractivity contribution < 1.29 is 13.2 Å². The zero-order valence-electron chi connectivity index (χ0n) is 13.7. The van der Waals surface area contributed by atoms with Gasteiger partial charge in [0.2, 0.25) is 15.9 Å². The van der Waals surface area contributed by atoms with Crippen LogP contribution in [0.1, 0.15) is 39.0 Å². The van der Waals surface area contributed by atoms with Gasteiger partial charge in [-0.3, -0.25) is 9.48 Å². The molecule has 0 saturated carbocycles. The first-order valence-corrected chi connectivity index (χ1v) is 9.85. The van der Waals surface area contributed by atoms with E-state index in [1.165, 1.54) is 0 Å². The van der Waals surface area contributed by atoms with Gasteiger partial charge in [0, 0.05) is 32.3 Å². The van der Waals surface area contributed by atoms with Crippen LogP contribution in [-0.4, -0.2) is 52.8 Å². The van der Waals surface area contributed by atoms with Gasteiger partial charge in [0.25, 0.3) is 0 Å². The molecule has 23 heavy (non-hydrogen) atoms. The Balaban J connectivity index is 1.84. The third kappa shape index (κ3) is 3.01.